The van der Waals surface area contributed by atoms with Gasteiger partial charge in [0.05, 0.1) is 16.7 Å². The monoisotopic (exact) mass is 376 g/mol. The van der Waals surface area contributed by atoms with Crippen molar-refractivity contribution >= 4 is 17.2 Å². The molecule has 1 saturated heterocycles. The highest BCUT2D eigenvalue weighted by Crippen LogP contribution is 2.32. The summed E-state index contributed by atoms with van der Waals surface area (Å²) in [5.74, 6) is -0.370. The third kappa shape index (κ3) is 3.96. The molecule has 1 fully saturated rings. The lowest BCUT2D eigenvalue weighted by atomic mass is 9.87. The predicted molar refractivity (Wildman–Crippen MR) is 102 cm³/mol. The Balaban J connectivity index is 1.75. The average Bonchev–Trinajstić information content (AvgIpc) is 3.04. The van der Waals surface area contributed by atoms with Crippen molar-refractivity contribution in [3.05, 3.63) is 41.2 Å². The molecule has 0 bridgehead atoms. The Bertz CT molecular complexity index is 801. The third-order valence-corrected chi connectivity index (χ3v) is 5.72. The van der Waals surface area contributed by atoms with E-state index < -0.39 is 5.41 Å². The predicted octanol–water partition coefficient (Wildman–Crippen LogP) is 4.30. The second kappa shape index (κ2) is 7.08. The van der Waals surface area contributed by atoms with Crippen LogP contribution >= 0.6 is 11.3 Å². The van der Waals surface area contributed by atoms with Gasteiger partial charge < -0.3 is 10.1 Å². The molecular formula is C20H25FN2O2S. The van der Waals surface area contributed by atoms with Gasteiger partial charge >= 0.3 is 0 Å². The number of nitrogens with one attached hydrogen (secondary N) is 1. The van der Waals surface area contributed by atoms with Crippen molar-refractivity contribution in [2.75, 3.05) is 6.61 Å². The molecule has 0 aliphatic carbocycles. The average molecular weight is 376 g/mol. The zero-order valence-corrected chi connectivity index (χ0v) is 16.5. The molecule has 0 radical (unpaired) electrons. The van der Waals surface area contributed by atoms with E-state index in [9.17, 15) is 9.18 Å². The summed E-state index contributed by atoms with van der Waals surface area (Å²) in [7, 11) is 0. The summed E-state index contributed by atoms with van der Waals surface area (Å²) in [5.41, 5.74) is 0.109. The number of aromatic nitrogens is 1. The van der Waals surface area contributed by atoms with E-state index in [1.54, 1.807) is 18.2 Å². The maximum absolute atomic E-state index is 14.0. The first-order chi connectivity index (χ1) is 12.2. The molecule has 1 aliphatic heterocycles. The summed E-state index contributed by atoms with van der Waals surface area (Å²) in [5, 5.41) is 5.58. The first-order valence-corrected chi connectivity index (χ1v) is 9.73. The molecule has 1 N–H and O–H groups in total. The normalized spacial score (nSPS) is 20.0. The van der Waals surface area contributed by atoms with Crippen molar-refractivity contribution in [3.63, 3.8) is 0 Å². The fourth-order valence-corrected chi connectivity index (χ4v) is 4.17. The van der Waals surface area contributed by atoms with Crippen molar-refractivity contribution in [3.8, 4) is 10.6 Å². The molecule has 26 heavy (non-hydrogen) atoms. The number of hydrogen-bond acceptors (Lipinski definition) is 4. The standard InChI is InChI=1S/C20H25FN2O2S/c1-19(2)11-13(9-10-25-19)22-18(24)20(3,4)16-12-26-17(23-16)14-7-5-6-8-15(14)21/h5-8,12-13H,9-11H2,1-4H3,(H,22,24). The molecular weight excluding hydrogens is 351 g/mol. The SMILES string of the molecule is CC1(C)CC(NC(=O)C(C)(C)c2csc(-c3ccccc3F)n2)CCO1. The number of rotatable bonds is 4. The van der Waals surface area contributed by atoms with Gasteiger partial charge in [-0.2, -0.15) is 0 Å². The third-order valence-electron chi connectivity index (χ3n) is 4.85. The van der Waals surface area contributed by atoms with Crippen LogP contribution in [0.15, 0.2) is 29.6 Å². The van der Waals surface area contributed by atoms with Crippen molar-refractivity contribution in [1.29, 1.82) is 0 Å². The number of ether oxygens (including phenoxy) is 1. The zero-order chi connectivity index (χ0) is 18.9. The van der Waals surface area contributed by atoms with E-state index in [1.807, 2.05) is 33.1 Å². The minimum atomic E-state index is -0.789. The Hall–Kier alpha value is -1.79. The fourth-order valence-electron chi connectivity index (χ4n) is 3.16. The van der Waals surface area contributed by atoms with E-state index in [0.717, 1.165) is 12.8 Å². The smallest absolute Gasteiger partial charge is 0.231 e. The highest BCUT2D eigenvalue weighted by Gasteiger charge is 2.36. The van der Waals surface area contributed by atoms with Crippen molar-refractivity contribution < 1.29 is 13.9 Å². The molecule has 0 saturated carbocycles. The van der Waals surface area contributed by atoms with Gasteiger partial charge in [0.2, 0.25) is 5.91 Å². The van der Waals surface area contributed by atoms with Gasteiger partial charge in [-0.1, -0.05) is 12.1 Å². The molecule has 6 heteroatoms. The molecule has 3 rings (SSSR count). The minimum absolute atomic E-state index is 0.0643. The van der Waals surface area contributed by atoms with Gasteiger partial charge in [-0.15, -0.1) is 11.3 Å². The van der Waals surface area contributed by atoms with Gasteiger partial charge in [-0.3, -0.25) is 4.79 Å². The van der Waals surface area contributed by atoms with Gasteiger partial charge in [0.15, 0.2) is 0 Å². The number of benzene rings is 1. The topological polar surface area (TPSA) is 51.2 Å². The summed E-state index contributed by atoms with van der Waals surface area (Å²) in [6.07, 6.45) is 1.59. The first kappa shape index (κ1) is 19.0. The molecule has 4 nitrogen and oxygen atoms in total. The lowest BCUT2D eigenvalue weighted by Gasteiger charge is -2.37. The number of halogens is 1. The van der Waals surface area contributed by atoms with Crippen LogP contribution in [0, 0.1) is 5.82 Å². The summed E-state index contributed by atoms with van der Waals surface area (Å²) in [4.78, 5) is 17.4. The molecule has 0 spiro atoms. The highest BCUT2D eigenvalue weighted by molar-refractivity contribution is 7.13. The second-order valence-electron chi connectivity index (χ2n) is 7.91. The van der Waals surface area contributed by atoms with Crippen LogP contribution in [0.25, 0.3) is 10.6 Å². The van der Waals surface area contributed by atoms with Crippen LogP contribution in [0.3, 0.4) is 0 Å². The number of thiazole rings is 1. The van der Waals surface area contributed by atoms with Crippen molar-refractivity contribution in [2.45, 2.75) is 57.6 Å². The van der Waals surface area contributed by atoms with Crippen LogP contribution in [-0.2, 0) is 14.9 Å². The van der Waals surface area contributed by atoms with Crippen LogP contribution in [0.1, 0.15) is 46.2 Å². The van der Waals surface area contributed by atoms with Crippen LogP contribution in [-0.4, -0.2) is 29.1 Å². The van der Waals surface area contributed by atoms with E-state index in [2.05, 4.69) is 10.3 Å². The van der Waals surface area contributed by atoms with Gasteiger partial charge in [-0.05, 0) is 52.7 Å². The number of amides is 1. The van der Waals surface area contributed by atoms with Crippen molar-refractivity contribution in [2.24, 2.45) is 0 Å². The number of carbonyl (C=O) groups excluding carboxylic acids is 1. The van der Waals surface area contributed by atoms with Crippen LogP contribution in [0.5, 0.6) is 0 Å². The highest BCUT2D eigenvalue weighted by atomic mass is 32.1. The Morgan fingerprint density at radius 2 is 2.12 bits per heavy atom. The van der Waals surface area contributed by atoms with Crippen LogP contribution in [0.2, 0.25) is 0 Å². The van der Waals surface area contributed by atoms with Crippen LogP contribution < -0.4 is 5.32 Å². The molecule has 1 atom stereocenters. The van der Waals surface area contributed by atoms with E-state index >= 15 is 0 Å². The molecule has 1 aromatic heterocycles. The van der Waals surface area contributed by atoms with E-state index in [4.69, 9.17) is 4.74 Å². The molecule has 2 heterocycles. The number of carbonyl (C=O) groups is 1. The Labute approximate surface area is 157 Å². The largest absolute Gasteiger partial charge is 0.375 e. The maximum Gasteiger partial charge on any atom is 0.231 e. The zero-order valence-electron chi connectivity index (χ0n) is 15.6. The molecule has 2 aromatic rings. The number of nitrogens with zero attached hydrogens (tertiary/aromatic N) is 1. The Kier molecular flexibility index (Phi) is 5.17. The summed E-state index contributed by atoms with van der Waals surface area (Å²) in [6.45, 7) is 8.43. The van der Waals surface area contributed by atoms with E-state index in [-0.39, 0.29) is 23.4 Å². The second-order valence-corrected chi connectivity index (χ2v) is 8.77. The van der Waals surface area contributed by atoms with Gasteiger partial charge in [-0.25, -0.2) is 9.37 Å². The summed E-state index contributed by atoms with van der Waals surface area (Å²) < 4.78 is 19.7. The molecule has 1 aliphatic rings. The first-order valence-electron chi connectivity index (χ1n) is 8.85. The lowest BCUT2D eigenvalue weighted by Crippen LogP contribution is -2.50. The van der Waals surface area contributed by atoms with Crippen LogP contribution in [0.4, 0.5) is 4.39 Å². The molecule has 1 amide bonds. The molecule has 140 valence electrons. The number of hydrogen-bond donors (Lipinski definition) is 1. The summed E-state index contributed by atoms with van der Waals surface area (Å²) >= 11 is 1.36. The Morgan fingerprint density at radius 3 is 2.81 bits per heavy atom. The maximum atomic E-state index is 14.0. The summed E-state index contributed by atoms with van der Waals surface area (Å²) in [6, 6.07) is 6.65. The van der Waals surface area contributed by atoms with Gasteiger partial charge in [0.25, 0.3) is 0 Å². The lowest BCUT2D eigenvalue weighted by molar-refractivity contribution is -0.128. The van der Waals surface area contributed by atoms with E-state index in [1.165, 1.54) is 17.4 Å². The van der Waals surface area contributed by atoms with Gasteiger partial charge in [0, 0.05) is 23.6 Å². The molecule has 1 aromatic carbocycles. The van der Waals surface area contributed by atoms with Gasteiger partial charge in [0.1, 0.15) is 10.8 Å². The van der Waals surface area contributed by atoms with E-state index in [0.29, 0.717) is 22.9 Å². The fraction of sp³-hybridized carbons (Fsp3) is 0.500. The Morgan fingerprint density at radius 1 is 1.38 bits per heavy atom. The molecule has 1 unspecified atom stereocenters. The quantitative estimate of drug-likeness (QED) is 0.865. The minimum Gasteiger partial charge on any atom is -0.375 e. The van der Waals surface area contributed by atoms with Crippen molar-refractivity contribution in [1.82, 2.24) is 10.3 Å².